The summed E-state index contributed by atoms with van der Waals surface area (Å²) >= 11 is 0. The Morgan fingerprint density at radius 1 is 0.889 bits per heavy atom. The van der Waals surface area contributed by atoms with Crippen LogP contribution in [-0.2, 0) is 19.6 Å². The van der Waals surface area contributed by atoms with Crippen molar-refractivity contribution in [3.63, 3.8) is 0 Å². The molecule has 0 unspecified atom stereocenters. The van der Waals surface area contributed by atoms with E-state index < -0.39 is 22.5 Å². The molecular weight excluding hydrogens is 484 g/mol. The zero-order valence-electron chi connectivity index (χ0n) is 20.2. The summed E-state index contributed by atoms with van der Waals surface area (Å²) in [7, 11) is -3.81. The van der Waals surface area contributed by atoms with Crippen molar-refractivity contribution < 1.29 is 27.5 Å². The number of benzene rings is 2. The van der Waals surface area contributed by atoms with Gasteiger partial charge in [0.2, 0.25) is 15.9 Å². The topological polar surface area (TPSA) is 116 Å². The molecule has 2 aromatic rings. The molecule has 2 heterocycles. The van der Waals surface area contributed by atoms with Crippen LogP contribution in [0.1, 0.15) is 33.6 Å². The highest BCUT2D eigenvalue weighted by molar-refractivity contribution is 7.92. The Morgan fingerprint density at radius 2 is 1.50 bits per heavy atom. The van der Waals surface area contributed by atoms with E-state index in [1.165, 1.54) is 12.1 Å². The van der Waals surface area contributed by atoms with Crippen molar-refractivity contribution in [3.05, 3.63) is 59.7 Å². The van der Waals surface area contributed by atoms with Gasteiger partial charge in [-0.25, -0.2) is 8.42 Å². The zero-order valence-corrected chi connectivity index (χ0v) is 21.0. The summed E-state index contributed by atoms with van der Waals surface area (Å²) in [6, 6.07) is 12.8. The number of carbonyl (C=O) groups excluding carboxylic acids is 3. The van der Waals surface area contributed by atoms with Crippen LogP contribution >= 0.6 is 0 Å². The molecule has 36 heavy (non-hydrogen) atoms. The summed E-state index contributed by atoms with van der Waals surface area (Å²) in [5, 5.41) is 2.69. The predicted octanol–water partition coefficient (Wildman–Crippen LogP) is 1.80. The first-order valence-electron chi connectivity index (χ1n) is 11.9. The third kappa shape index (κ3) is 6.03. The lowest BCUT2D eigenvalue weighted by Crippen LogP contribution is -2.40. The number of nitrogens with one attached hydrogen (secondary N) is 1. The minimum Gasteiger partial charge on any atom is -0.378 e. The summed E-state index contributed by atoms with van der Waals surface area (Å²) in [5.41, 5.74) is 1.38. The number of para-hydroxylation sites is 1. The van der Waals surface area contributed by atoms with Crippen LogP contribution in [0.5, 0.6) is 0 Å². The van der Waals surface area contributed by atoms with Gasteiger partial charge in [0, 0.05) is 31.7 Å². The van der Waals surface area contributed by atoms with Gasteiger partial charge in [-0.05, 0) is 49.2 Å². The summed E-state index contributed by atoms with van der Waals surface area (Å²) < 4.78 is 31.3. The Kier molecular flexibility index (Phi) is 7.90. The number of carbonyl (C=O) groups is 3. The minimum atomic E-state index is -3.81. The number of ether oxygens (including phenoxy) is 1. The summed E-state index contributed by atoms with van der Waals surface area (Å²) in [6.45, 7) is 2.82. The van der Waals surface area contributed by atoms with Crippen LogP contribution in [0.15, 0.2) is 48.5 Å². The van der Waals surface area contributed by atoms with Gasteiger partial charge in [0.1, 0.15) is 6.54 Å². The molecule has 0 aromatic heterocycles. The van der Waals surface area contributed by atoms with Crippen LogP contribution in [0.4, 0.5) is 11.4 Å². The number of hydrogen-bond donors (Lipinski definition) is 1. The maximum atomic E-state index is 12.9. The normalized spacial score (nSPS) is 16.0. The largest absolute Gasteiger partial charge is 0.378 e. The number of sulfonamides is 1. The lowest BCUT2D eigenvalue weighted by Gasteiger charge is -2.27. The van der Waals surface area contributed by atoms with E-state index in [9.17, 15) is 22.8 Å². The van der Waals surface area contributed by atoms with Gasteiger partial charge in [-0.15, -0.1) is 0 Å². The standard InChI is InChI=1S/C25H30N4O6S/c1-36(33,34)29(20-10-8-19(9-11-20)24(31)28-14-16-35-17-15-28)18-23(30)26-22-7-3-2-6-21(22)25(32)27-12-4-5-13-27/h2-3,6-11H,4-5,12-18H2,1H3,(H,26,30). The second-order valence-corrected chi connectivity index (χ2v) is 10.7. The fourth-order valence-electron chi connectivity index (χ4n) is 4.31. The van der Waals surface area contributed by atoms with Gasteiger partial charge in [0.25, 0.3) is 11.8 Å². The lowest BCUT2D eigenvalue weighted by molar-refractivity contribution is -0.114. The highest BCUT2D eigenvalue weighted by atomic mass is 32.2. The Bertz CT molecular complexity index is 1220. The molecule has 0 atom stereocenters. The summed E-state index contributed by atoms with van der Waals surface area (Å²) in [6.07, 6.45) is 2.90. The smallest absolute Gasteiger partial charge is 0.255 e. The average Bonchev–Trinajstić information content (AvgIpc) is 3.42. The molecule has 11 heteroatoms. The van der Waals surface area contributed by atoms with Gasteiger partial charge in [-0.3, -0.25) is 18.7 Å². The molecular formula is C25H30N4O6S. The third-order valence-corrected chi connectivity index (χ3v) is 7.35. The number of nitrogens with zero attached hydrogens (tertiary/aromatic N) is 3. The van der Waals surface area contributed by atoms with Crippen molar-refractivity contribution in [2.45, 2.75) is 12.8 Å². The highest BCUT2D eigenvalue weighted by Crippen LogP contribution is 2.22. The van der Waals surface area contributed by atoms with Crippen molar-refractivity contribution >= 4 is 39.1 Å². The molecule has 2 aliphatic heterocycles. The fraction of sp³-hybridized carbons (Fsp3) is 0.400. The molecule has 4 rings (SSSR count). The van der Waals surface area contributed by atoms with Crippen molar-refractivity contribution in [3.8, 4) is 0 Å². The SMILES string of the molecule is CS(=O)(=O)N(CC(=O)Nc1ccccc1C(=O)N1CCCC1)c1ccc(C(=O)N2CCOCC2)cc1. The van der Waals surface area contributed by atoms with E-state index in [-0.39, 0.29) is 17.5 Å². The van der Waals surface area contributed by atoms with E-state index >= 15 is 0 Å². The first-order chi connectivity index (χ1) is 17.2. The van der Waals surface area contributed by atoms with Crippen LogP contribution in [0, 0.1) is 0 Å². The molecule has 3 amide bonds. The van der Waals surface area contributed by atoms with E-state index in [4.69, 9.17) is 4.74 Å². The summed E-state index contributed by atoms with van der Waals surface area (Å²) in [4.78, 5) is 41.9. The second kappa shape index (κ2) is 11.1. The predicted molar refractivity (Wildman–Crippen MR) is 136 cm³/mol. The number of rotatable bonds is 7. The van der Waals surface area contributed by atoms with E-state index in [1.807, 2.05) is 0 Å². The van der Waals surface area contributed by atoms with Crippen molar-refractivity contribution in [2.75, 3.05) is 61.8 Å². The quantitative estimate of drug-likeness (QED) is 0.602. The maximum Gasteiger partial charge on any atom is 0.255 e. The fourth-order valence-corrected chi connectivity index (χ4v) is 5.17. The van der Waals surface area contributed by atoms with Crippen LogP contribution < -0.4 is 9.62 Å². The molecule has 0 spiro atoms. The van der Waals surface area contributed by atoms with Gasteiger partial charge < -0.3 is 19.9 Å². The van der Waals surface area contributed by atoms with Gasteiger partial charge in [0.05, 0.1) is 36.4 Å². The van der Waals surface area contributed by atoms with Crippen LogP contribution in [-0.4, -0.2) is 88.1 Å². The molecule has 2 aliphatic rings. The zero-order chi connectivity index (χ0) is 25.7. The lowest BCUT2D eigenvalue weighted by atomic mass is 10.1. The number of amides is 3. The molecule has 0 bridgehead atoms. The molecule has 2 fully saturated rings. The highest BCUT2D eigenvalue weighted by Gasteiger charge is 2.25. The molecule has 2 aromatic carbocycles. The molecule has 0 radical (unpaired) electrons. The third-order valence-electron chi connectivity index (χ3n) is 6.21. The Balaban J connectivity index is 1.48. The number of morpholine rings is 1. The molecule has 0 aliphatic carbocycles. The Morgan fingerprint density at radius 3 is 2.14 bits per heavy atom. The molecule has 1 N–H and O–H groups in total. The van der Waals surface area contributed by atoms with Gasteiger partial charge >= 0.3 is 0 Å². The van der Waals surface area contributed by atoms with Crippen LogP contribution in [0.25, 0.3) is 0 Å². The second-order valence-electron chi connectivity index (χ2n) is 8.81. The maximum absolute atomic E-state index is 12.9. The van der Waals surface area contributed by atoms with E-state index in [2.05, 4.69) is 5.32 Å². The number of hydrogen-bond acceptors (Lipinski definition) is 6. The monoisotopic (exact) mass is 514 g/mol. The van der Waals surface area contributed by atoms with Crippen molar-refractivity contribution in [1.82, 2.24) is 9.80 Å². The molecule has 192 valence electrons. The van der Waals surface area contributed by atoms with Gasteiger partial charge in [-0.1, -0.05) is 12.1 Å². The molecule has 0 saturated carbocycles. The first kappa shape index (κ1) is 25.6. The minimum absolute atomic E-state index is 0.159. The van der Waals surface area contributed by atoms with Crippen LogP contribution in [0.2, 0.25) is 0 Å². The molecule has 2 saturated heterocycles. The van der Waals surface area contributed by atoms with Gasteiger partial charge in [-0.2, -0.15) is 0 Å². The average molecular weight is 515 g/mol. The molecule has 10 nitrogen and oxygen atoms in total. The summed E-state index contributed by atoms with van der Waals surface area (Å²) in [5.74, 6) is -0.910. The first-order valence-corrected chi connectivity index (χ1v) is 13.7. The van der Waals surface area contributed by atoms with Crippen molar-refractivity contribution in [1.29, 1.82) is 0 Å². The van der Waals surface area contributed by atoms with E-state index in [1.54, 1.807) is 46.2 Å². The van der Waals surface area contributed by atoms with Crippen LogP contribution in [0.3, 0.4) is 0 Å². The number of likely N-dealkylation sites (tertiary alicyclic amines) is 1. The van der Waals surface area contributed by atoms with E-state index in [0.29, 0.717) is 56.2 Å². The van der Waals surface area contributed by atoms with Crippen molar-refractivity contribution in [2.24, 2.45) is 0 Å². The van der Waals surface area contributed by atoms with Gasteiger partial charge in [0.15, 0.2) is 0 Å². The number of anilines is 2. The Hall–Kier alpha value is -3.44. The Labute approximate surface area is 210 Å². The van der Waals surface area contributed by atoms with E-state index in [0.717, 1.165) is 23.4 Å².